The van der Waals surface area contributed by atoms with Gasteiger partial charge in [-0.15, -0.1) is 0 Å². The standard InChI is InChI=1S/C10H10N2O/c1-8-7-10(13)12(11-8)9-5-3-2-4-6-9/h2-7,13H,1H3/i7D/hD. The van der Waals surface area contributed by atoms with Crippen molar-refractivity contribution in [1.82, 2.24) is 9.78 Å². The minimum atomic E-state index is 0.138. The first-order valence-corrected chi connectivity index (χ1v) is 3.99. The fourth-order valence-electron chi connectivity index (χ4n) is 1.17. The predicted molar refractivity (Wildman–Crippen MR) is 50.0 cm³/mol. The van der Waals surface area contributed by atoms with Gasteiger partial charge in [-0.25, -0.2) is 4.68 Å². The lowest BCUT2D eigenvalue weighted by Crippen LogP contribution is -1.94. The van der Waals surface area contributed by atoms with Gasteiger partial charge in [0, 0.05) is 6.04 Å². The van der Waals surface area contributed by atoms with Gasteiger partial charge < -0.3 is 5.11 Å². The topological polar surface area (TPSA) is 38.1 Å². The molecule has 1 aromatic carbocycles. The fraction of sp³-hybridized carbons (Fsp3) is 0.100. The van der Waals surface area contributed by atoms with Crippen molar-refractivity contribution < 1.29 is 6.48 Å². The maximum absolute atomic E-state index is 7.64. The molecule has 3 heteroatoms. The van der Waals surface area contributed by atoms with Crippen molar-refractivity contribution in [2.45, 2.75) is 6.92 Å². The second-order valence-electron chi connectivity index (χ2n) is 2.76. The van der Waals surface area contributed by atoms with Crippen LogP contribution in [0.4, 0.5) is 0 Å². The van der Waals surface area contributed by atoms with Crippen molar-refractivity contribution in [2.24, 2.45) is 0 Å². The Hall–Kier alpha value is -1.77. The third-order valence-corrected chi connectivity index (χ3v) is 1.73. The molecule has 0 amide bonds. The number of aryl methyl sites for hydroxylation is 1. The lowest BCUT2D eigenvalue weighted by Gasteiger charge is -2.00. The van der Waals surface area contributed by atoms with Crippen molar-refractivity contribution in [3.63, 3.8) is 0 Å². The molecule has 0 aliphatic carbocycles. The molecule has 1 aromatic heterocycles. The Balaban J connectivity index is 2.58. The van der Waals surface area contributed by atoms with Crippen LogP contribution < -0.4 is 0 Å². The predicted octanol–water partition coefficient (Wildman–Crippen LogP) is 1.89. The van der Waals surface area contributed by atoms with Crippen LogP contribution in [0.2, 0.25) is 0 Å². The van der Waals surface area contributed by atoms with E-state index in [0.717, 1.165) is 5.69 Å². The lowest BCUT2D eigenvalue weighted by atomic mass is 10.3. The van der Waals surface area contributed by atoms with Crippen LogP contribution in [0.3, 0.4) is 0 Å². The quantitative estimate of drug-likeness (QED) is 0.758. The first kappa shape index (κ1) is 5.80. The molecule has 0 aliphatic heterocycles. The summed E-state index contributed by atoms with van der Waals surface area (Å²) in [5.74, 6) is 0.138. The summed E-state index contributed by atoms with van der Waals surface area (Å²) in [6, 6.07) is 9.45. The van der Waals surface area contributed by atoms with Crippen LogP contribution in [0.1, 0.15) is 7.06 Å². The summed E-state index contributed by atoms with van der Waals surface area (Å²) >= 11 is 0. The number of aromatic nitrogens is 2. The molecule has 0 bridgehead atoms. The second kappa shape index (κ2) is 2.94. The molecule has 0 atom stereocenters. The summed E-state index contributed by atoms with van der Waals surface area (Å²) in [4.78, 5) is 0. The Morgan fingerprint density at radius 1 is 1.46 bits per heavy atom. The average Bonchev–Trinajstić information content (AvgIpc) is 2.56. The molecule has 0 spiro atoms. The van der Waals surface area contributed by atoms with E-state index in [1.54, 1.807) is 6.92 Å². The highest BCUT2D eigenvalue weighted by molar-refractivity contribution is 5.34. The monoisotopic (exact) mass is 176 g/mol. The van der Waals surface area contributed by atoms with Crippen molar-refractivity contribution in [1.29, 1.82) is 1.43 Å². The van der Waals surface area contributed by atoms with E-state index in [2.05, 4.69) is 10.2 Å². The van der Waals surface area contributed by atoms with Gasteiger partial charge in [0.2, 0.25) is 5.88 Å². The minimum Gasteiger partial charge on any atom is -0.493 e. The Morgan fingerprint density at radius 3 is 2.92 bits per heavy atom. The molecular weight excluding hydrogens is 164 g/mol. The minimum absolute atomic E-state index is 0.138. The van der Waals surface area contributed by atoms with E-state index in [1.165, 1.54) is 4.68 Å². The fourth-order valence-corrected chi connectivity index (χ4v) is 1.17. The third-order valence-electron chi connectivity index (χ3n) is 1.73. The highest BCUT2D eigenvalue weighted by Gasteiger charge is 2.03. The first-order chi connectivity index (χ1) is 7.24. The van der Waals surface area contributed by atoms with Crippen molar-refractivity contribution in [2.75, 3.05) is 0 Å². The summed E-state index contributed by atoms with van der Waals surface area (Å²) in [6.07, 6.45) is 0. The molecule has 0 unspecified atom stereocenters. The Kier molecular flexibility index (Phi) is 1.31. The Bertz CT molecular complexity index is 468. The summed E-state index contributed by atoms with van der Waals surface area (Å²) in [7, 11) is 0. The number of para-hydroxylation sites is 1. The van der Waals surface area contributed by atoms with Gasteiger partial charge >= 0.3 is 0 Å². The third kappa shape index (κ3) is 1.40. The van der Waals surface area contributed by atoms with Crippen molar-refractivity contribution in [3.05, 3.63) is 42.1 Å². The maximum atomic E-state index is 7.64. The van der Waals surface area contributed by atoms with E-state index >= 15 is 0 Å². The van der Waals surface area contributed by atoms with Crippen LogP contribution in [0.5, 0.6) is 5.88 Å². The van der Waals surface area contributed by atoms with E-state index < -0.39 is 0 Å². The zero-order chi connectivity index (χ0) is 10.8. The Labute approximate surface area is 79.2 Å². The van der Waals surface area contributed by atoms with E-state index in [-0.39, 0.29) is 11.9 Å². The van der Waals surface area contributed by atoms with Gasteiger partial charge in [0.1, 0.15) is 0 Å². The molecule has 1 heterocycles. The molecular formula is C10H10N2O. The van der Waals surface area contributed by atoms with Gasteiger partial charge in [-0.2, -0.15) is 5.10 Å². The summed E-state index contributed by atoms with van der Waals surface area (Å²) in [5.41, 5.74) is 1.32. The zero-order valence-corrected chi connectivity index (χ0v) is 7.19. The molecule has 3 nitrogen and oxygen atoms in total. The van der Waals surface area contributed by atoms with Crippen molar-refractivity contribution in [3.8, 4) is 11.6 Å². The van der Waals surface area contributed by atoms with Crippen molar-refractivity contribution >= 4 is 0 Å². The van der Waals surface area contributed by atoms with Crippen LogP contribution in [0.25, 0.3) is 5.69 Å². The van der Waals surface area contributed by atoms with E-state index in [0.29, 0.717) is 5.69 Å². The zero-order valence-electron chi connectivity index (χ0n) is 9.19. The molecule has 1 N–H and O–H groups in total. The highest BCUT2D eigenvalue weighted by Crippen LogP contribution is 2.16. The normalized spacial score (nSPS) is 12.1. The van der Waals surface area contributed by atoms with Crippen LogP contribution in [0.15, 0.2) is 36.4 Å². The first-order valence-electron chi connectivity index (χ1n) is 4.89. The maximum Gasteiger partial charge on any atom is 0.295 e. The number of benzene rings is 1. The number of aromatic hydroxyl groups is 1. The SMILES string of the molecule is [2H]Oc1c([2H])c(C)nn1-c1ccccc1. The number of rotatable bonds is 2. The van der Waals surface area contributed by atoms with E-state index in [9.17, 15) is 0 Å². The van der Waals surface area contributed by atoms with Crippen LogP contribution in [-0.2, 0) is 0 Å². The molecule has 0 saturated carbocycles. The molecule has 0 radical (unpaired) electrons. The molecule has 0 aliphatic rings. The number of nitrogens with zero attached hydrogens (tertiary/aromatic N) is 2. The molecule has 2 aromatic rings. The summed E-state index contributed by atoms with van der Waals surface area (Å²) in [5, 5.41) is 8.55. The van der Waals surface area contributed by atoms with Crippen LogP contribution in [-0.4, -0.2) is 16.3 Å². The smallest absolute Gasteiger partial charge is 0.295 e. The number of hydrogen-bond donors (Lipinski definition) is 1. The van der Waals surface area contributed by atoms with Gasteiger partial charge in [0.25, 0.3) is 1.43 Å². The average molecular weight is 176 g/mol. The molecule has 66 valence electrons. The molecule has 13 heavy (non-hydrogen) atoms. The van der Waals surface area contributed by atoms with Gasteiger partial charge in [-0.1, -0.05) is 18.2 Å². The lowest BCUT2D eigenvalue weighted by molar-refractivity contribution is 0.433. The van der Waals surface area contributed by atoms with Crippen LogP contribution in [0, 0.1) is 6.92 Å². The van der Waals surface area contributed by atoms with E-state index in [1.807, 2.05) is 30.3 Å². The largest absolute Gasteiger partial charge is 0.493 e. The van der Waals surface area contributed by atoms with Gasteiger partial charge in [-0.05, 0) is 19.1 Å². The van der Waals surface area contributed by atoms with E-state index in [4.69, 9.17) is 2.80 Å². The second-order valence-corrected chi connectivity index (χ2v) is 2.76. The molecule has 2 rings (SSSR count). The number of hydrogen-bond acceptors (Lipinski definition) is 2. The van der Waals surface area contributed by atoms with Gasteiger partial charge in [0.15, 0.2) is 0 Å². The Morgan fingerprint density at radius 2 is 2.23 bits per heavy atom. The van der Waals surface area contributed by atoms with Gasteiger partial charge in [0.05, 0.1) is 12.8 Å². The highest BCUT2D eigenvalue weighted by atomic mass is 16.3. The van der Waals surface area contributed by atoms with Gasteiger partial charge in [-0.3, -0.25) is 0 Å². The molecule has 0 fully saturated rings. The molecule has 0 saturated heterocycles. The summed E-state index contributed by atoms with van der Waals surface area (Å²) in [6.45, 7) is 1.71. The summed E-state index contributed by atoms with van der Waals surface area (Å²) < 4.78 is 16.0. The van der Waals surface area contributed by atoms with Crippen LogP contribution >= 0.6 is 0 Å².